The lowest BCUT2D eigenvalue weighted by atomic mass is 10.1. The second kappa shape index (κ2) is 22.8. The molecule has 0 fully saturated rings. The van der Waals surface area contributed by atoms with Crippen molar-refractivity contribution in [2.45, 2.75) is 36.0 Å². The van der Waals surface area contributed by atoms with E-state index in [0.29, 0.717) is 17.8 Å². The average Bonchev–Trinajstić information content (AvgIpc) is 3.28. The highest BCUT2D eigenvalue weighted by Crippen LogP contribution is 2.36. The van der Waals surface area contributed by atoms with Crippen molar-refractivity contribution >= 4 is 89.7 Å². The number of nitrogen functional groups attached to an aromatic ring is 1. The van der Waals surface area contributed by atoms with Gasteiger partial charge in [0.2, 0.25) is 17.6 Å². The number of isocyanates is 1. The highest BCUT2D eigenvalue weighted by molar-refractivity contribution is 7.93. The highest BCUT2D eigenvalue weighted by Gasteiger charge is 2.35. The van der Waals surface area contributed by atoms with Crippen LogP contribution in [0.25, 0.3) is 0 Å². The lowest BCUT2D eigenvalue weighted by Gasteiger charge is -2.15. The fourth-order valence-electron chi connectivity index (χ4n) is 5.84. The van der Waals surface area contributed by atoms with Crippen molar-refractivity contribution < 1.29 is 62.4 Å². The molecule has 0 saturated heterocycles. The number of carbonyl (C=O) groups is 3. The number of nitrogens with one attached hydrogen (secondary N) is 4. The molecule has 0 saturated carbocycles. The molecule has 0 unspecified atom stereocenters. The van der Waals surface area contributed by atoms with E-state index in [2.05, 4.69) is 35.0 Å². The zero-order chi connectivity index (χ0) is 52.4. The van der Waals surface area contributed by atoms with Gasteiger partial charge in [0.05, 0.1) is 42.3 Å². The summed E-state index contributed by atoms with van der Waals surface area (Å²) in [7, 11) is -6.27. The Kier molecular flexibility index (Phi) is 18.0. The van der Waals surface area contributed by atoms with E-state index in [9.17, 15) is 57.6 Å². The number of carbonyl (C=O) groups excluding carboxylic acids is 4. The molecule has 4 aromatic carbocycles. The van der Waals surface area contributed by atoms with Crippen LogP contribution in [0.15, 0.2) is 124 Å². The summed E-state index contributed by atoms with van der Waals surface area (Å²) < 4.78 is 135. The lowest BCUT2D eigenvalue weighted by Crippen LogP contribution is -2.24. The number of hydrogen-bond acceptors (Lipinski definition) is 12. The Morgan fingerprint density at radius 3 is 1.46 bits per heavy atom. The molecule has 0 aliphatic rings. The Bertz CT molecular complexity index is 3250. The summed E-state index contributed by atoms with van der Waals surface area (Å²) in [6.07, 6.45) is -5.93. The molecule has 6 N–H and O–H groups in total. The number of rotatable bonds is 11. The summed E-state index contributed by atoms with van der Waals surface area (Å²) in [5.74, 6) is -1.37. The predicted molar refractivity (Wildman–Crippen MR) is 249 cm³/mol. The number of alkyl halides is 6. The molecule has 368 valence electrons. The Labute approximate surface area is 405 Å². The van der Waals surface area contributed by atoms with Gasteiger partial charge in [-0.25, -0.2) is 41.4 Å². The SMILES string of the molecule is CN=C=O.CNC(=O)Nc1cccc(C(=O)c2ncc(Cl)cc2NS(=O)(=O)c2ccc(C)c(C(F)(F)F)c2)c1.Cc1ccc(S(=O)(=O)Nc2cc(Cl)cnc2C(=O)c2cccc(N)c2)cc1C(F)(F)F. The maximum atomic E-state index is 13.3. The number of anilines is 4. The Morgan fingerprint density at radius 2 is 1.07 bits per heavy atom. The third-order valence-corrected chi connectivity index (χ3v) is 12.3. The minimum absolute atomic E-state index is 0.0155. The molecular weight excluding hydrogens is 1020 g/mol. The lowest BCUT2D eigenvalue weighted by molar-refractivity contribution is -0.139. The van der Waals surface area contributed by atoms with E-state index in [1.165, 1.54) is 76.5 Å². The van der Waals surface area contributed by atoms with Gasteiger partial charge in [0.25, 0.3) is 20.0 Å². The number of aliphatic imine (C=N–C) groups is 1. The van der Waals surface area contributed by atoms with Crippen LogP contribution in [-0.4, -0.2) is 64.6 Å². The van der Waals surface area contributed by atoms with E-state index >= 15 is 0 Å². The van der Waals surface area contributed by atoms with E-state index < -0.39 is 70.9 Å². The number of benzene rings is 4. The van der Waals surface area contributed by atoms with E-state index in [1.54, 1.807) is 6.07 Å². The number of halogens is 8. The van der Waals surface area contributed by atoms with Gasteiger partial charge in [0.1, 0.15) is 11.4 Å². The molecule has 2 aromatic heterocycles. The first-order valence-corrected chi connectivity index (χ1v) is 23.1. The van der Waals surface area contributed by atoms with Gasteiger partial charge in [-0.05, 0) is 85.6 Å². The minimum Gasteiger partial charge on any atom is -0.399 e. The zero-order valence-electron chi connectivity index (χ0n) is 36.4. The Balaban J connectivity index is 0.000000285. The summed E-state index contributed by atoms with van der Waals surface area (Å²) in [6, 6.07) is 18.6. The van der Waals surface area contributed by atoms with Crippen LogP contribution < -0.4 is 25.8 Å². The van der Waals surface area contributed by atoms with E-state index in [4.69, 9.17) is 33.7 Å². The number of hydrogen-bond donors (Lipinski definition) is 5. The smallest absolute Gasteiger partial charge is 0.399 e. The molecule has 16 nitrogen and oxygen atoms in total. The van der Waals surface area contributed by atoms with Crippen LogP contribution >= 0.6 is 23.2 Å². The van der Waals surface area contributed by atoms with Crippen LogP contribution in [0.3, 0.4) is 0 Å². The first-order chi connectivity index (χ1) is 32.6. The molecule has 26 heteroatoms. The molecule has 0 atom stereocenters. The van der Waals surface area contributed by atoms with Gasteiger partial charge >= 0.3 is 18.4 Å². The van der Waals surface area contributed by atoms with Gasteiger partial charge in [-0.3, -0.25) is 19.0 Å². The second-order valence-electron chi connectivity index (χ2n) is 14.1. The number of urea groups is 1. The van der Waals surface area contributed by atoms with Crippen molar-refractivity contribution in [3.05, 3.63) is 164 Å². The number of amides is 2. The monoisotopic (exact) mass is 1050 g/mol. The quantitative estimate of drug-likeness (QED) is 0.0269. The molecule has 6 aromatic rings. The molecule has 2 heterocycles. The van der Waals surface area contributed by atoms with Crippen molar-refractivity contribution in [1.29, 1.82) is 0 Å². The van der Waals surface area contributed by atoms with E-state index in [1.807, 2.05) is 0 Å². The fourth-order valence-corrected chi connectivity index (χ4v) is 8.32. The van der Waals surface area contributed by atoms with Crippen molar-refractivity contribution in [3.63, 3.8) is 0 Å². The summed E-state index contributed by atoms with van der Waals surface area (Å²) >= 11 is 11.8. The molecule has 0 aliphatic carbocycles. The van der Waals surface area contributed by atoms with Crippen molar-refractivity contribution in [1.82, 2.24) is 15.3 Å². The minimum atomic E-state index is -4.76. The van der Waals surface area contributed by atoms with E-state index in [-0.39, 0.29) is 60.7 Å². The number of aryl methyl sites for hydroxylation is 2. The predicted octanol–water partition coefficient (Wildman–Crippen LogP) is 9.47. The van der Waals surface area contributed by atoms with Crippen molar-refractivity contribution in [3.8, 4) is 0 Å². The van der Waals surface area contributed by atoms with Gasteiger partial charge in [0, 0.05) is 49.0 Å². The van der Waals surface area contributed by atoms with Gasteiger partial charge in [0.15, 0.2) is 0 Å². The normalized spacial score (nSPS) is 11.3. The molecule has 6 rings (SSSR count). The maximum Gasteiger partial charge on any atom is 0.416 e. The number of pyridine rings is 2. The summed E-state index contributed by atoms with van der Waals surface area (Å²) in [4.78, 5) is 55.8. The van der Waals surface area contributed by atoms with Gasteiger partial charge < -0.3 is 16.4 Å². The average molecular weight is 1050 g/mol. The number of sulfonamides is 2. The molecular formula is C44H36Cl2F6N8O8S2. The van der Waals surface area contributed by atoms with Crippen LogP contribution in [0, 0.1) is 13.8 Å². The summed E-state index contributed by atoms with van der Waals surface area (Å²) in [5, 5.41) is 4.85. The van der Waals surface area contributed by atoms with Gasteiger partial charge in [-0.15, -0.1) is 0 Å². The number of nitrogens with zero attached hydrogens (tertiary/aromatic N) is 3. The fraction of sp³-hybridized carbons (Fsp3) is 0.136. The Morgan fingerprint density at radius 1 is 0.657 bits per heavy atom. The topological polar surface area (TPSA) is 249 Å². The van der Waals surface area contributed by atoms with Crippen LogP contribution in [0.4, 0.5) is 53.9 Å². The van der Waals surface area contributed by atoms with Crippen LogP contribution in [0.1, 0.15) is 54.4 Å². The zero-order valence-corrected chi connectivity index (χ0v) is 39.6. The van der Waals surface area contributed by atoms with E-state index in [0.717, 1.165) is 48.8 Å². The Hall–Kier alpha value is -7.37. The van der Waals surface area contributed by atoms with Gasteiger partial charge in [-0.1, -0.05) is 59.6 Å². The van der Waals surface area contributed by atoms with Crippen LogP contribution in [-0.2, 0) is 37.2 Å². The second-order valence-corrected chi connectivity index (χ2v) is 18.4. The first kappa shape index (κ1) is 55.2. The molecule has 0 radical (unpaired) electrons. The number of ketones is 2. The molecule has 2 amide bonds. The van der Waals surface area contributed by atoms with Crippen LogP contribution in [0.2, 0.25) is 10.0 Å². The molecule has 0 aliphatic heterocycles. The van der Waals surface area contributed by atoms with Gasteiger partial charge in [-0.2, -0.15) is 26.3 Å². The summed E-state index contributed by atoms with van der Waals surface area (Å²) in [5.41, 5.74) is 2.74. The third kappa shape index (κ3) is 14.6. The molecule has 0 spiro atoms. The largest absolute Gasteiger partial charge is 0.416 e. The van der Waals surface area contributed by atoms with Crippen molar-refractivity contribution in [2.24, 2.45) is 4.99 Å². The van der Waals surface area contributed by atoms with Crippen molar-refractivity contribution in [2.75, 3.05) is 34.6 Å². The van der Waals surface area contributed by atoms with Crippen LogP contribution in [0.5, 0.6) is 0 Å². The highest BCUT2D eigenvalue weighted by atomic mass is 35.5. The standard InChI is InChI=1S/C22H18ClF3N4O4S.C20H15ClF3N3O3S.C2H3NO/c1-12-6-7-16(10-17(12)22(24,25)26)35(33,34)30-18-9-14(23)11-28-19(18)20(31)13-4-3-5-15(8-13)29-21(32)27-2;1-11-5-6-15(9-16(11)20(22,23)24)31(29,30)27-17-8-13(21)10-26-18(17)19(28)12-3-2-4-14(25)7-12;1-3-2-4/h3-11,30H,1-2H3,(H2,27,29,32);2-10,27H,25H2,1H3;1H3. The third-order valence-electron chi connectivity index (χ3n) is 9.13. The maximum absolute atomic E-state index is 13.3. The number of aromatic nitrogens is 2. The summed E-state index contributed by atoms with van der Waals surface area (Å²) in [6.45, 7) is 2.42. The molecule has 0 bridgehead atoms. The number of nitrogens with two attached hydrogens (primary N) is 1. The molecule has 70 heavy (non-hydrogen) atoms. The first-order valence-electron chi connectivity index (χ1n) is 19.3.